The van der Waals surface area contributed by atoms with Crippen molar-refractivity contribution < 1.29 is 4.79 Å². The number of carbonyl (C=O) groups excluding carboxylic acids is 1. The van der Waals surface area contributed by atoms with Gasteiger partial charge in [0.2, 0.25) is 5.91 Å². The molecule has 21 heavy (non-hydrogen) atoms. The summed E-state index contributed by atoms with van der Waals surface area (Å²) in [6, 6.07) is 2.06. The van der Waals surface area contributed by atoms with Crippen LogP contribution in [0.25, 0.3) is 0 Å². The van der Waals surface area contributed by atoms with E-state index >= 15 is 0 Å². The lowest BCUT2D eigenvalue weighted by molar-refractivity contribution is -0.142. The Morgan fingerprint density at radius 3 is 2.81 bits per heavy atom. The van der Waals surface area contributed by atoms with Crippen LogP contribution in [0, 0.1) is 17.3 Å². The second-order valence-electron chi connectivity index (χ2n) is 6.11. The van der Waals surface area contributed by atoms with Crippen LogP contribution in [-0.2, 0) is 11.3 Å². The smallest absolute Gasteiger partial charge is 0.228 e. The molecule has 4 heteroatoms. The van der Waals surface area contributed by atoms with Gasteiger partial charge in [0, 0.05) is 19.0 Å². The molecule has 1 fully saturated rings. The first-order valence-electron chi connectivity index (χ1n) is 7.57. The fourth-order valence-electron chi connectivity index (χ4n) is 3.01. The first-order chi connectivity index (χ1) is 10.0. The quantitative estimate of drug-likeness (QED) is 0.873. The summed E-state index contributed by atoms with van der Waals surface area (Å²) in [5, 5.41) is 2.08. The lowest BCUT2D eigenvalue weighted by atomic mass is 9.74. The topological polar surface area (TPSA) is 46.3 Å². The summed E-state index contributed by atoms with van der Waals surface area (Å²) in [7, 11) is 1.91. The van der Waals surface area contributed by atoms with Crippen LogP contribution in [-0.4, -0.2) is 24.4 Å². The summed E-state index contributed by atoms with van der Waals surface area (Å²) in [6.07, 6.45) is 5.65. The second kappa shape index (κ2) is 7.11. The zero-order chi connectivity index (χ0) is 15.3. The minimum Gasteiger partial charge on any atom is -0.341 e. The van der Waals surface area contributed by atoms with Crippen molar-refractivity contribution in [1.29, 1.82) is 0 Å². The van der Waals surface area contributed by atoms with Crippen molar-refractivity contribution in [2.45, 2.75) is 45.6 Å². The highest BCUT2D eigenvalue weighted by Gasteiger charge is 2.36. The normalized spacial score (nSPS) is 16.9. The van der Waals surface area contributed by atoms with Crippen molar-refractivity contribution in [2.24, 2.45) is 11.1 Å². The van der Waals surface area contributed by atoms with E-state index in [1.54, 1.807) is 11.3 Å². The van der Waals surface area contributed by atoms with Gasteiger partial charge in [-0.3, -0.25) is 4.79 Å². The van der Waals surface area contributed by atoms with Crippen LogP contribution >= 0.6 is 11.3 Å². The molecule has 0 saturated heterocycles. The van der Waals surface area contributed by atoms with E-state index in [1.807, 2.05) is 11.9 Å². The molecule has 2 rings (SSSR count). The maximum Gasteiger partial charge on any atom is 0.228 e. The number of hydrogen-bond donors (Lipinski definition) is 1. The molecule has 0 aromatic carbocycles. The van der Waals surface area contributed by atoms with E-state index in [4.69, 9.17) is 5.73 Å². The maximum absolute atomic E-state index is 12.7. The third kappa shape index (κ3) is 4.09. The van der Waals surface area contributed by atoms with Gasteiger partial charge in [-0.25, -0.2) is 0 Å². The highest BCUT2D eigenvalue weighted by molar-refractivity contribution is 7.10. The number of thiophene rings is 1. The van der Waals surface area contributed by atoms with E-state index in [9.17, 15) is 4.79 Å². The van der Waals surface area contributed by atoms with Gasteiger partial charge >= 0.3 is 0 Å². The monoisotopic (exact) mass is 304 g/mol. The summed E-state index contributed by atoms with van der Waals surface area (Å²) in [6.45, 7) is 3.16. The number of rotatable bonds is 3. The average Bonchev–Trinajstić information content (AvgIpc) is 2.92. The molecule has 1 saturated carbocycles. The highest BCUT2D eigenvalue weighted by Crippen LogP contribution is 2.37. The molecule has 1 aliphatic rings. The van der Waals surface area contributed by atoms with Crippen LogP contribution < -0.4 is 5.73 Å². The second-order valence-corrected chi connectivity index (χ2v) is 7.02. The van der Waals surface area contributed by atoms with E-state index in [2.05, 4.69) is 30.2 Å². The molecule has 1 aliphatic carbocycles. The van der Waals surface area contributed by atoms with Crippen molar-refractivity contribution in [3.8, 4) is 11.8 Å². The van der Waals surface area contributed by atoms with Gasteiger partial charge in [-0.2, -0.15) is 0 Å². The van der Waals surface area contributed by atoms with Gasteiger partial charge in [0.05, 0.1) is 11.4 Å². The number of hydrogen-bond acceptors (Lipinski definition) is 3. The molecule has 1 heterocycles. The molecule has 0 atom stereocenters. The van der Waals surface area contributed by atoms with Crippen LogP contribution in [0.2, 0.25) is 0 Å². The van der Waals surface area contributed by atoms with E-state index in [-0.39, 0.29) is 11.3 Å². The van der Waals surface area contributed by atoms with Gasteiger partial charge in [0.1, 0.15) is 0 Å². The Labute approximate surface area is 131 Å². The van der Waals surface area contributed by atoms with Crippen molar-refractivity contribution in [3.63, 3.8) is 0 Å². The van der Waals surface area contributed by atoms with Crippen LogP contribution in [0.1, 0.15) is 49.5 Å². The van der Waals surface area contributed by atoms with Crippen LogP contribution in [0.5, 0.6) is 0 Å². The molecule has 1 amide bonds. The Morgan fingerprint density at radius 2 is 2.14 bits per heavy atom. The molecule has 114 valence electrons. The van der Waals surface area contributed by atoms with Gasteiger partial charge in [-0.15, -0.1) is 11.3 Å². The van der Waals surface area contributed by atoms with Gasteiger partial charge in [0.25, 0.3) is 0 Å². The third-order valence-corrected chi connectivity index (χ3v) is 5.10. The van der Waals surface area contributed by atoms with E-state index in [1.165, 1.54) is 19.3 Å². The van der Waals surface area contributed by atoms with Crippen molar-refractivity contribution >= 4 is 17.2 Å². The van der Waals surface area contributed by atoms with Gasteiger partial charge in [0.15, 0.2) is 0 Å². The zero-order valence-electron chi connectivity index (χ0n) is 12.9. The lowest BCUT2D eigenvalue weighted by Crippen LogP contribution is -2.41. The first kappa shape index (κ1) is 16.1. The molecule has 0 aliphatic heterocycles. The maximum atomic E-state index is 12.7. The average molecular weight is 304 g/mol. The zero-order valence-corrected chi connectivity index (χ0v) is 13.8. The molecular formula is C17H24N2OS. The summed E-state index contributed by atoms with van der Waals surface area (Å²) in [5.74, 6) is 6.18. The fraction of sp³-hybridized carbons (Fsp3) is 0.588. The Hall–Kier alpha value is -1.31. The summed E-state index contributed by atoms with van der Waals surface area (Å²) < 4.78 is 0. The van der Waals surface area contributed by atoms with Gasteiger partial charge in [-0.05, 0) is 29.9 Å². The van der Waals surface area contributed by atoms with Crippen LogP contribution in [0.15, 0.2) is 11.4 Å². The lowest BCUT2D eigenvalue weighted by Gasteiger charge is -2.35. The molecule has 0 spiro atoms. The summed E-state index contributed by atoms with van der Waals surface area (Å²) in [4.78, 5) is 15.6. The molecule has 1 aromatic rings. The highest BCUT2D eigenvalue weighted by atomic mass is 32.1. The first-order valence-corrected chi connectivity index (χ1v) is 8.45. The standard InChI is InChI=1S/C17H24N2OS/c1-17(8-4-3-5-9-17)16(20)19(2)12-14-11-15(21-13-14)7-6-10-18/h11,13H,3-5,8-10,12,18H2,1-2H3. The number of carbonyl (C=O) groups is 1. The molecule has 0 radical (unpaired) electrons. The summed E-state index contributed by atoms with van der Waals surface area (Å²) in [5.41, 5.74) is 6.37. The Balaban J connectivity index is 1.98. The van der Waals surface area contributed by atoms with Gasteiger partial charge < -0.3 is 10.6 Å². The molecule has 1 aromatic heterocycles. The van der Waals surface area contributed by atoms with E-state index < -0.39 is 0 Å². The minimum absolute atomic E-state index is 0.162. The minimum atomic E-state index is -0.162. The van der Waals surface area contributed by atoms with Crippen LogP contribution in [0.4, 0.5) is 0 Å². The van der Waals surface area contributed by atoms with Crippen molar-refractivity contribution in [3.05, 3.63) is 21.9 Å². The number of amides is 1. The van der Waals surface area contributed by atoms with E-state index in [0.29, 0.717) is 13.1 Å². The predicted octanol–water partition coefficient (Wildman–Crippen LogP) is 2.99. The molecular weight excluding hydrogens is 280 g/mol. The molecule has 0 unspecified atom stereocenters. The number of nitrogens with zero attached hydrogens (tertiary/aromatic N) is 1. The Kier molecular flexibility index (Phi) is 5.44. The summed E-state index contributed by atoms with van der Waals surface area (Å²) >= 11 is 1.61. The molecule has 2 N–H and O–H groups in total. The number of nitrogens with two attached hydrogens (primary N) is 1. The molecule has 3 nitrogen and oxygen atoms in total. The van der Waals surface area contributed by atoms with E-state index in [0.717, 1.165) is 23.3 Å². The Morgan fingerprint density at radius 1 is 1.43 bits per heavy atom. The fourth-order valence-corrected chi connectivity index (χ4v) is 3.79. The molecule has 0 bridgehead atoms. The largest absolute Gasteiger partial charge is 0.341 e. The van der Waals surface area contributed by atoms with Crippen molar-refractivity contribution in [1.82, 2.24) is 4.90 Å². The van der Waals surface area contributed by atoms with Crippen molar-refractivity contribution in [2.75, 3.05) is 13.6 Å². The van der Waals surface area contributed by atoms with Crippen LogP contribution in [0.3, 0.4) is 0 Å². The Bertz CT molecular complexity index is 547. The third-order valence-electron chi connectivity index (χ3n) is 4.21. The predicted molar refractivity (Wildman–Crippen MR) is 87.9 cm³/mol. The van der Waals surface area contributed by atoms with Gasteiger partial charge in [-0.1, -0.05) is 38.0 Å². The SMILES string of the molecule is CN(Cc1csc(C#CCN)c1)C(=O)C1(C)CCCCC1.